The average molecular weight is 264 g/mol. The summed E-state index contributed by atoms with van der Waals surface area (Å²) in [5.41, 5.74) is 1.17. The third-order valence-electron chi connectivity index (χ3n) is 2.92. The minimum atomic E-state index is 0.0478. The first kappa shape index (κ1) is 15.5. The fourth-order valence-corrected chi connectivity index (χ4v) is 1.82. The van der Waals surface area contributed by atoms with E-state index >= 15 is 0 Å². The zero-order chi connectivity index (χ0) is 14.1. The number of benzene rings is 1. The number of phenolic OH excluding ortho intramolecular Hbond substituents is 1. The Morgan fingerprint density at radius 2 is 2.00 bits per heavy atom. The molecule has 4 heteroatoms. The lowest BCUT2D eigenvalue weighted by Gasteiger charge is -2.14. The third kappa shape index (κ3) is 6.82. The summed E-state index contributed by atoms with van der Waals surface area (Å²) in [6.07, 6.45) is 2.82. The fraction of sp³-hybridized carbons (Fsp3) is 0.533. The first-order valence-electron chi connectivity index (χ1n) is 6.89. The summed E-state index contributed by atoms with van der Waals surface area (Å²) in [5, 5.41) is 15.2. The smallest absolute Gasteiger partial charge is 0.234 e. The predicted octanol–water partition coefficient (Wildman–Crippen LogP) is 1.83. The fourth-order valence-electron chi connectivity index (χ4n) is 1.82. The second-order valence-corrected chi connectivity index (χ2v) is 4.85. The second kappa shape index (κ2) is 8.53. The predicted molar refractivity (Wildman–Crippen MR) is 77.2 cm³/mol. The van der Waals surface area contributed by atoms with E-state index < -0.39 is 0 Å². The van der Waals surface area contributed by atoms with Crippen LogP contribution in [0, 0.1) is 0 Å². The van der Waals surface area contributed by atoms with E-state index in [2.05, 4.69) is 17.6 Å². The van der Waals surface area contributed by atoms with Crippen molar-refractivity contribution in [1.29, 1.82) is 0 Å². The van der Waals surface area contributed by atoms with Gasteiger partial charge in [-0.3, -0.25) is 4.79 Å². The highest BCUT2D eigenvalue weighted by Gasteiger charge is 2.07. The molecule has 0 saturated carbocycles. The van der Waals surface area contributed by atoms with Gasteiger partial charge in [-0.05, 0) is 50.4 Å². The Labute approximate surface area is 115 Å². The number of aromatic hydroxyl groups is 1. The number of phenols is 1. The Hall–Kier alpha value is -1.55. The molecule has 1 amide bonds. The van der Waals surface area contributed by atoms with Crippen LogP contribution in [0.1, 0.15) is 32.3 Å². The monoisotopic (exact) mass is 264 g/mol. The summed E-state index contributed by atoms with van der Waals surface area (Å²) in [6.45, 7) is 5.34. The van der Waals surface area contributed by atoms with Gasteiger partial charge in [0.25, 0.3) is 0 Å². The van der Waals surface area contributed by atoms with Crippen molar-refractivity contribution >= 4 is 5.91 Å². The standard InChI is InChI=1S/C15H24N2O2/c1-3-10-16-11-15(19)17-12(2)4-5-13-6-8-14(18)9-7-13/h6-9,12,16,18H,3-5,10-11H2,1-2H3,(H,17,19). The van der Waals surface area contributed by atoms with Gasteiger partial charge < -0.3 is 15.7 Å². The van der Waals surface area contributed by atoms with Crippen molar-refractivity contribution in [1.82, 2.24) is 10.6 Å². The van der Waals surface area contributed by atoms with Crippen molar-refractivity contribution in [2.24, 2.45) is 0 Å². The number of nitrogens with one attached hydrogen (secondary N) is 2. The molecular weight excluding hydrogens is 240 g/mol. The van der Waals surface area contributed by atoms with Crippen molar-refractivity contribution in [3.63, 3.8) is 0 Å². The lowest BCUT2D eigenvalue weighted by Crippen LogP contribution is -2.39. The Morgan fingerprint density at radius 3 is 2.63 bits per heavy atom. The quantitative estimate of drug-likeness (QED) is 0.628. The molecule has 0 radical (unpaired) electrons. The van der Waals surface area contributed by atoms with Crippen molar-refractivity contribution in [3.8, 4) is 5.75 Å². The van der Waals surface area contributed by atoms with Crippen LogP contribution in [-0.4, -0.2) is 30.1 Å². The molecule has 0 bridgehead atoms. The maximum absolute atomic E-state index is 11.6. The van der Waals surface area contributed by atoms with Crippen LogP contribution in [0.2, 0.25) is 0 Å². The molecule has 0 saturated heterocycles. The van der Waals surface area contributed by atoms with Crippen LogP contribution in [0.25, 0.3) is 0 Å². The molecule has 0 fully saturated rings. The SMILES string of the molecule is CCCNCC(=O)NC(C)CCc1ccc(O)cc1. The molecule has 0 spiro atoms. The van der Waals surface area contributed by atoms with Gasteiger partial charge in [-0.15, -0.1) is 0 Å². The number of hydrogen-bond acceptors (Lipinski definition) is 3. The largest absolute Gasteiger partial charge is 0.508 e. The summed E-state index contributed by atoms with van der Waals surface area (Å²) < 4.78 is 0. The molecule has 1 aromatic rings. The molecule has 1 aromatic carbocycles. The van der Waals surface area contributed by atoms with Crippen LogP contribution in [0.15, 0.2) is 24.3 Å². The summed E-state index contributed by atoms with van der Waals surface area (Å²) in [7, 11) is 0. The van der Waals surface area contributed by atoms with Crippen molar-refractivity contribution < 1.29 is 9.90 Å². The molecule has 0 heterocycles. The highest BCUT2D eigenvalue weighted by atomic mass is 16.3. The molecule has 0 aliphatic heterocycles. The van der Waals surface area contributed by atoms with Gasteiger partial charge in [0.2, 0.25) is 5.91 Å². The molecule has 4 nitrogen and oxygen atoms in total. The van der Waals surface area contributed by atoms with E-state index in [0.717, 1.165) is 25.8 Å². The minimum Gasteiger partial charge on any atom is -0.508 e. The van der Waals surface area contributed by atoms with E-state index in [1.165, 1.54) is 5.56 Å². The number of amides is 1. The highest BCUT2D eigenvalue weighted by Crippen LogP contribution is 2.11. The van der Waals surface area contributed by atoms with Crippen LogP contribution < -0.4 is 10.6 Å². The summed E-state index contributed by atoms with van der Waals surface area (Å²) in [5.74, 6) is 0.332. The molecule has 0 aliphatic rings. The summed E-state index contributed by atoms with van der Waals surface area (Å²) in [6, 6.07) is 7.35. The molecule has 1 rings (SSSR count). The maximum Gasteiger partial charge on any atom is 0.234 e. The highest BCUT2D eigenvalue weighted by molar-refractivity contribution is 5.78. The van der Waals surface area contributed by atoms with Crippen LogP contribution in [-0.2, 0) is 11.2 Å². The van der Waals surface area contributed by atoms with Crippen LogP contribution in [0.5, 0.6) is 5.75 Å². The van der Waals surface area contributed by atoms with Crippen LogP contribution in [0.3, 0.4) is 0 Å². The maximum atomic E-state index is 11.6. The van der Waals surface area contributed by atoms with E-state index in [1.54, 1.807) is 12.1 Å². The number of rotatable bonds is 8. The van der Waals surface area contributed by atoms with Crippen molar-refractivity contribution in [3.05, 3.63) is 29.8 Å². The minimum absolute atomic E-state index is 0.0478. The van der Waals surface area contributed by atoms with E-state index in [1.807, 2.05) is 19.1 Å². The van der Waals surface area contributed by atoms with Crippen LogP contribution in [0.4, 0.5) is 0 Å². The van der Waals surface area contributed by atoms with Gasteiger partial charge in [-0.1, -0.05) is 19.1 Å². The molecule has 3 N–H and O–H groups in total. The van der Waals surface area contributed by atoms with Gasteiger partial charge >= 0.3 is 0 Å². The Bertz CT molecular complexity index is 376. The van der Waals surface area contributed by atoms with Gasteiger partial charge in [0.15, 0.2) is 0 Å². The number of hydrogen-bond donors (Lipinski definition) is 3. The third-order valence-corrected chi connectivity index (χ3v) is 2.92. The van der Waals surface area contributed by atoms with Gasteiger partial charge in [0, 0.05) is 6.04 Å². The lowest BCUT2D eigenvalue weighted by molar-refractivity contribution is -0.120. The topological polar surface area (TPSA) is 61.4 Å². The molecule has 0 aliphatic carbocycles. The molecule has 19 heavy (non-hydrogen) atoms. The van der Waals surface area contributed by atoms with Crippen LogP contribution >= 0.6 is 0 Å². The lowest BCUT2D eigenvalue weighted by atomic mass is 10.1. The second-order valence-electron chi connectivity index (χ2n) is 4.85. The van der Waals surface area contributed by atoms with E-state index in [0.29, 0.717) is 6.54 Å². The number of carbonyl (C=O) groups excluding carboxylic acids is 1. The molecule has 0 aromatic heterocycles. The van der Waals surface area contributed by atoms with Gasteiger partial charge in [-0.25, -0.2) is 0 Å². The number of carbonyl (C=O) groups is 1. The zero-order valence-electron chi connectivity index (χ0n) is 11.8. The Morgan fingerprint density at radius 1 is 1.32 bits per heavy atom. The molecule has 106 valence electrons. The Balaban J connectivity index is 2.21. The molecular formula is C15H24N2O2. The van der Waals surface area contributed by atoms with E-state index in [-0.39, 0.29) is 17.7 Å². The van der Waals surface area contributed by atoms with Gasteiger partial charge in [0.1, 0.15) is 5.75 Å². The Kier molecular flexibility index (Phi) is 6.97. The zero-order valence-corrected chi connectivity index (χ0v) is 11.8. The van der Waals surface area contributed by atoms with E-state index in [4.69, 9.17) is 0 Å². The number of aryl methyl sites for hydroxylation is 1. The first-order valence-corrected chi connectivity index (χ1v) is 6.89. The summed E-state index contributed by atoms with van der Waals surface area (Å²) >= 11 is 0. The van der Waals surface area contributed by atoms with Gasteiger partial charge in [-0.2, -0.15) is 0 Å². The average Bonchev–Trinajstić information content (AvgIpc) is 2.38. The van der Waals surface area contributed by atoms with Crippen molar-refractivity contribution in [2.75, 3.05) is 13.1 Å². The van der Waals surface area contributed by atoms with Gasteiger partial charge in [0.05, 0.1) is 6.54 Å². The van der Waals surface area contributed by atoms with Crippen molar-refractivity contribution in [2.45, 2.75) is 39.2 Å². The normalized spacial score (nSPS) is 12.1. The summed E-state index contributed by atoms with van der Waals surface area (Å²) in [4.78, 5) is 11.6. The molecule has 1 unspecified atom stereocenters. The first-order chi connectivity index (χ1) is 9.11. The molecule has 1 atom stereocenters. The van der Waals surface area contributed by atoms with E-state index in [9.17, 15) is 9.90 Å².